The van der Waals surface area contributed by atoms with Crippen LogP contribution in [0.4, 0.5) is 20.2 Å². The van der Waals surface area contributed by atoms with Crippen molar-refractivity contribution in [2.75, 3.05) is 11.1 Å². The van der Waals surface area contributed by atoms with Crippen LogP contribution in [0.5, 0.6) is 0 Å². The van der Waals surface area contributed by atoms with Crippen molar-refractivity contribution in [2.24, 2.45) is 0 Å². The number of carbonyl (C=O) groups is 1. The third-order valence-corrected chi connectivity index (χ3v) is 3.15. The molecule has 0 fully saturated rings. The molecule has 1 amide bonds. The fourth-order valence-electron chi connectivity index (χ4n) is 1.81. The lowest BCUT2D eigenvalue weighted by Crippen LogP contribution is -2.14. The summed E-state index contributed by atoms with van der Waals surface area (Å²) in [5.41, 5.74) is 7.23. The average Bonchev–Trinajstić information content (AvgIpc) is 2.32. The molecule has 0 atom stereocenters. The summed E-state index contributed by atoms with van der Waals surface area (Å²) in [5, 5.41) is 2.56. The maximum atomic E-state index is 13.1. The van der Waals surface area contributed by atoms with Crippen LogP contribution >= 0.6 is 15.9 Å². The number of rotatable bonds is 2. The minimum absolute atomic E-state index is 0.107. The molecule has 0 aliphatic rings. The second kappa shape index (κ2) is 5.58. The Morgan fingerprint density at radius 3 is 2.30 bits per heavy atom. The number of anilines is 2. The number of nitrogens with two attached hydrogens (primary N) is 1. The van der Waals surface area contributed by atoms with E-state index in [1.807, 2.05) is 0 Å². The average molecular weight is 341 g/mol. The van der Waals surface area contributed by atoms with Gasteiger partial charge in [-0.05, 0) is 36.8 Å². The number of aryl methyl sites for hydroxylation is 1. The fourth-order valence-corrected chi connectivity index (χ4v) is 2.40. The molecule has 2 aromatic carbocycles. The number of hydrogen-bond acceptors (Lipinski definition) is 2. The van der Waals surface area contributed by atoms with Crippen LogP contribution in [0.1, 0.15) is 15.9 Å². The van der Waals surface area contributed by atoms with Gasteiger partial charge in [-0.2, -0.15) is 0 Å². The summed E-state index contributed by atoms with van der Waals surface area (Å²) in [6.45, 7) is 1.77. The van der Waals surface area contributed by atoms with E-state index in [4.69, 9.17) is 5.73 Å². The Labute approximate surface area is 122 Å². The van der Waals surface area contributed by atoms with Gasteiger partial charge in [0.25, 0.3) is 5.91 Å². The van der Waals surface area contributed by atoms with Crippen LogP contribution in [-0.2, 0) is 0 Å². The Kier molecular flexibility index (Phi) is 4.04. The standard InChI is InChI=1S/C14H11BrF2N2O/c1-7-2-9(15)5-12(18)13(7)19-14(20)8-3-10(16)6-11(17)4-8/h2-6H,18H2,1H3,(H,19,20). The predicted octanol–water partition coefficient (Wildman–Crippen LogP) is 3.87. The summed E-state index contributed by atoms with van der Waals surface area (Å²) in [7, 11) is 0. The maximum absolute atomic E-state index is 13.1. The molecule has 0 saturated heterocycles. The number of benzene rings is 2. The predicted molar refractivity (Wildman–Crippen MR) is 77.6 cm³/mol. The molecule has 104 valence electrons. The number of carbonyl (C=O) groups excluding carboxylic acids is 1. The van der Waals surface area contributed by atoms with Crippen molar-refractivity contribution >= 4 is 33.2 Å². The van der Waals surface area contributed by atoms with Crippen molar-refractivity contribution in [2.45, 2.75) is 6.92 Å². The highest BCUT2D eigenvalue weighted by molar-refractivity contribution is 9.10. The van der Waals surface area contributed by atoms with Crippen molar-refractivity contribution in [1.82, 2.24) is 0 Å². The normalized spacial score (nSPS) is 10.4. The zero-order valence-corrected chi connectivity index (χ0v) is 12.1. The van der Waals surface area contributed by atoms with Gasteiger partial charge >= 0.3 is 0 Å². The molecule has 2 rings (SSSR count). The minimum Gasteiger partial charge on any atom is -0.397 e. The Morgan fingerprint density at radius 2 is 1.75 bits per heavy atom. The van der Waals surface area contributed by atoms with Crippen LogP contribution in [0, 0.1) is 18.6 Å². The Bertz CT molecular complexity index is 646. The van der Waals surface area contributed by atoms with Crippen molar-refractivity contribution in [3.05, 3.63) is 57.6 Å². The molecule has 0 radical (unpaired) electrons. The minimum atomic E-state index is -0.810. The monoisotopic (exact) mass is 340 g/mol. The lowest BCUT2D eigenvalue weighted by Gasteiger charge is -2.12. The van der Waals surface area contributed by atoms with Crippen LogP contribution in [0.25, 0.3) is 0 Å². The van der Waals surface area contributed by atoms with Gasteiger partial charge in [-0.1, -0.05) is 15.9 Å². The van der Waals surface area contributed by atoms with Gasteiger partial charge in [0.15, 0.2) is 0 Å². The molecular formula is C14H11BrF2N2O. The van der Waals surface area contributed by atoms with Crippen LogP contribution < -0.4 is 11.1 Å². The molecule has 6 heteroatoms. The summed E-state index contributed by atoms with van der Waals surface area (Å²) in [4.78, 5) is 12.0. The third-order valence-electron chi connectivity index (χ3n) is 2.69. The quantitative estimate of drug-likeness (QED) is 0.815. The van der Waals surface area contributed by atoms with Gasteiger partial charge in [0.2, 0.25) is 0 Å². The number of hydrogen-bond donors (Lipinski definition) is 2. The summed E-state index contributed by atoms with van der Waals surface area (Å²) >= 11 is 3.29. The lowest BCUT2D eigenvalue weighted by molar-refractivity contribution is 0.102. The number of nitrogens with one attached hydrogen (secondary N) is 1. The Balaban J connectivity index is 2.32. The van der Waals surface area contributed by atoms with Crippen molar-refractivity contribution < 1.29 is 13.6 Å². The van der Waals surface area contributed by atoms with Crippen LogP contribution in [0.3, 0.4) is 0 Å². The van der Waals surface area contributed by atoms with E-state index in [1.54, 1.807) is 19.1 Å². The highest BCUT2D eigenvalue weighted by atomic mass is 79.9. The molecule has 20 heavy (non-hydrogen) atoms. The van der Waals surface area contributed by atoms with Crippen molar-refractivity contribution in [1.29, 1.82) is 0 Å². The molecule has 0 aliphatic carbocycles. The maximum Gasteiger partial charge on any atom is 0.255 e. The number of nitrogen functional groups attached to an aromatic ring is 1. The number of amides is 1. The first-order chi connectivity index (χ1) is 9.36. The van der Waals surface area contributed by atoms with Crippen LogP contribution in [0.2, 0.25) is 0 Å². The Morgan fingerprint density at radius 1 is 1.15 bits per heavy atom. The molecule has 0 unspecified atom stereocenters. The van der Waals surface area contributed by atoms with E-state index >= 15 is 0 Å². The van der Waals surface area contributed by atoms with E-state index in [9.17, 15) is 13.6 Å². The molecule has 3 N–H and O–H groups in total. The van der Waals surface area contributed by atoms with E-state index in [0.29, 0.717) is 17.4 Å². The first kappa shape index (κ1) is 14.5. The van der Waals surface area contributed by atoms with E-state index < -0.39 is 17.5 Å². The number of halogens is 3. The topological polar surface area (TPSA) is 55.1 Å². The molecule has 0 spiro atoms. The van der Waals surface area contributed by atoms with Gasteiger partial charge in [-0.3, -0.25) is 4.79 Å². The molecule has 0 bridgehead atoms. The smallest absolute Gasteiger partial charge is 0.255 e. The molecule has 3 nitrogen and oxygen atoms in total. The van der Waals surface area contributed by atoms with Crippen LogP contribution in [-0.4, -0.2) is 5.91 Å². The van der Waals surface area contributed by atoms with Gasteiger partial charge in [0.1, 0.15) is 11.6 Å². The second-order valence-electron chi connectivity index (χ2n) is 4.30. The molecule has 0 heterocycles. The highest BCUT2D eigenvalue weighted by Crippen LogP contribution is 2.28. The molecular weight excluding hydrogens is 330 g/mol. The summed E-state index contributed by atoms with van der Waals surface area (Å²) in [5.74, 6) is -2.24. The van der Waals surface area contributed by atoms with Crippen LogP contribution in [0.15, 0.2) is 34.8 Å². The zero-order valence-electron chi connectivity index (χ0n) is 10.5. The SMILES string of the molecule is Cc1cc(Br)cc(N)c1NC(=O)c1cc(F)cc(F)c1. The Hall–Kier alpha value is -1.95. The summed E-state index contributed by atoms with van der Waals surface area (Å²) in [6, 6.07) is 6.04. The van der Waals surface area contributed by atoms with Gasteiger partial charge < -0.3 is 11.1 Å². The molecule has 0 aliphatic heterocycles. The molecule has 0 aromatic heterocycles. The molecule has 0 saturated carbocycles. The summed E-state index contributed by atoms with van der Waals surface area (Å²) < 4.78 is 27.0. The first-order valence-corrected chi connectivity index (χ1v) is 6.49. The van der Waals surface area contributed by atoms with Crippen molar-refractivity contribution in [3.63, 3.8) is 0 Å². The van der Waals surface area contributed by atoms with Gasteiger partial charge in [-0.15, -0.1) is 0 Å². The van der Waals surface area contributed by atoms with Gasteiger partial charge in [-0.25, -0.2) is 8.78 Å². The lowest BCUT2D eigenvalue weighted by atomic mass is 10.1. The van der Waals surface area contributed by atoms with Gasteiger partial charge in [0.05, 0.1) is 11.4 Å². The highest BCUT2D eigenvalue weighted by Gasteiger charge is 2.13. The third kappa shape index (κ3) is 3.14. The zero-order chi connectivity index (χ0) is 14.9. The van der Waals surface area contributed by atoms with E-state index in [-0.39, 0.29) is 5.56 Å². The van der Waals surface area contributed by atoms with Gasteiger partial charge in [0, 0.05) is 16.1 Å². The first-order valence-electron chi connectivity index (χ1n) is 5.70. The van der Waals surface area contributed by atoms with Crippen molar-refractivity contribution in [3.8, 4) is 0 Å². The fraction of sp³-hybridized carbons (Fsp3) is 0.0714. The van der Waals surface area contributed by atoms with E-state index in [0.717, 1.165) is 22.2 Å². The summed E-state index contributed by atoms with van der Waals surface area (Å²) in [6.07, 6.45) is 0. The van der Waals surface area contributed by atoms with E-state index in [2.05, 4.69) is 21.2 Å². The molecule has 2 aromatic rings. The largest absolute Gasteiger partial charge is 0.397 e. The van der Waals surface area contributed by atoms with E-state index in [1.165, 1.54) is 0 Å². The second-order valence-corrected chi connectivity index (χ2v) is 5.21.